The van der Waals surface area contributed by atoms with Gasteiger partial charge in [0.25, 0.3) is 0 Å². The van der Waals surface area contributed by atoms with Crippen molar-refractivity contribution < 1.29 is 9.63 Å². The highest BCUT2D eigenvalue weighted by Gasteiger charge is 2.29. The van der Waals surface area contributed by atoms with Crippen LogP contribution in [0.2, 0.25) is 0 Å². The fourth-order valence-electron chi connectivity index (χ4n) is 1.50. The van der Waals surface area contributed by atoms with Gasteiger partial charge in [0.1, 0.15) is 5.75 Å². The molecular weight excluding hydrogens is 192 g/mol. The molecule has 1 heterocycles. The highest BCUT2D eigenvalue weighted by atomic mass is 16.5. The lowest BCUT2D eigenvalue weighted by atomic mass is 10.2. The van der Waals surface area contributed by atoms with Gasteiger partial charge in [-0.15, -0.1) is 0 Å². The normalized spacial score (nSPS) is 15.5. The molecule has 0 atom stereocenters. The van der Waals surface area contributed by atoms with Crippen molar-refractivity contribution >= 4 is 0 Å². The molecule has 0 unspecified atom stereocenters. The maximum atomic E-state index is 9.61. The fourth-order valence-corrected chi connectivity index (χ4v) is 1.50. The molecule has 15 heavy (non-hydrogen) atoms. The van der Waals surface area contributed by atoms with Crippen molar-refractivity contribution in [2.24, 2.45) is 0 Å². The van der Waals surface area contributed by atoms with E-state index in [2.05, 4.69) is 10.1 Å². The van der Waals surface area contributed by atoms with E-state index >= 15 is 0 Å². The largest absolute Gasteiger partial charge is 0.507 e. The zero-order chi connectivity index (χ0) is 10.3. The molecule has 1 fully saturated rings. The van der Waals surface area contributed by atoms with Crippen LogP contribution in [0.3, 0.4) is 0 Å². The second-order valence-corrected chi connectivity index (χ2v) is 3.75. The van der Waals surface area contributed by atoms with Gasteiger partial charge in [-0.2, -0.15) is 4.98 Å². The predicted molar refractivity (Wildman–Crippen MR) is 53.4 cm³/mol. The minimum absolute atomic E-state index is 0.181. The molecule has 3 rings (SSSR count). The molecule has 4 heteroatoms. The Labute approximate surface area is 86.6 Å². The van der Waals surface area contributed by atoms with Crippen LogP contribution in [0.15, 0.2) is 28.8 Å². The van der Waals surface area contributed by atoms with Crippen LogP contribution in [0.4, 0.5) is 0 Å². The number of aromatic hydroxyl groups is 1. The Bertz CT molecular complexity index is 489. The van der Waals surface area contributed by atoms with Gasteiger partial charge in [0.05, 0.1) is 5.56 Å². The minimum atomic E-state index is 0.181. The Morgan fingerprint density at radius 3 is 2.80 bits per heavy atom. The summed E-state index contributed by atoms with van der Waals surface area (Å²) in [7, 11) is 0. The number of hydrogen-bond acceptors (Lipinski definition) is 4. The van der Waals surface area contributed by atoms with Crippen LogP contribution in [0.5, 0.6) is 5.75 Å². The van der Waals surface area contributed by atoms with Crippen LogP contribution in [0.25, 0.3) is 11.4 Å². The van der Waals surface area contributed by atoms with Gasteiger partial charge in [-0.1, -0.05) is 17.3 Å². The lowest BCUT2D eigenvalue weighted by molar-refractivity contribution is 0.379. The van der Waals surface area contributed by atoms with Gasteiger partial charge in [-0.3, -0.25) is 0 Å². The van der Waals surface area contributed by atoms with Crippen LogP contribution in [-0.4, -0.2) is 15.2 Å². The van der Waals surface area contributed by atoms with E-state index in [1.807, 2.05) is 6.07 Å². The number of para-hydroxylation sites is 1. The van der Waals surface area contributed by atoms with Crippen molar-refractivity contribution in [3.8, 4) is 17.1 Å². The van der Waals surface area contributed by atoms with Crippen molar-refractivity contribution in [3.63, 3.8) is 0 Å². The van der Waals surface area contributed by atoms with Crippen LogP contribution >= 0.6 is 0 Å². The van der Waals surface area contributed by atoms with Crippen LogP contribution in [0, 0.1) is 0 Å². The first-order valence-corrected chi connectivity index (χ1v) is 4.96. The summed E-state index contributed by atoms with van der Waals surface area (Å²) in [5.74, 6) is 1.78. The molecule has 0 bridgehead atoms. The summed E-state index contributed by atoms with van der Waals surface area (Å²) < 4.78 is 5.13. The molecular formula is C11H10N2O2. The molecule has 1 aliphatic rings. The van der Waals surface area contributed by atoms with Crippen molar-refractivity contribution in [1.29, 1.82) is 0 Å². The summed E-state index contributed by atoms with van der Waals surface area (Å²) in [4.78, 5) is 4.27. The topological polar surface area (TPSA) is 59.2 Å². The van der Waals surface area contributed by atoms with Crippen molar-refractivity contribution in [1.82, 2.24) is 10.1 Å². The second kappa shape index (κ2) is 3.08. The van der Waals surface area contributed by atoms with Crippen LogP contribution < -0.4 is 0 Å². The number of benzene rings is 1. The molecule has 0 amide bonds. The zero-order valence-corrected chi connectivity index (χ0v) is 8.05. The highest BCUT2D eigenvalue weighted by molar-refractivity contribution is 5.62. The third-order valence-corrected chi connectivity index (χ3v) is 2.51. The van der Waals surface area contributed by atoms with Gasteiger partial charge in [0.2, 0.25) is 11.7 Å². The zero-order valence-electron chi connectivity index (χ0n) is 8.05. The van der Waals surface area contributed by atoms with Crippen LogP contribution in [-0.2, 0) is 0 Å². The molecule has 76 valence electrons. The SMILES string of the molecule is Oc1ccccc1-c1noc(C2CC2)n1. The van der Waals surface area contributed by atoms with E-state index in [1.165, 1.54) is 0 Å². The lowest BCUT2D eigenvalue weighted by Gasteiger charge is -1.96. The molecule has 1 N–H and O–H groups in total. The Morgan fingerprint density at radius 2 is 2.07 bits per heavy atom. The summed E-state index contributed by atoms with van der Waals surface area (Å²) in [5.41, 5.74) is 0.619. The summed E-state index contributed by atoms with van der Waals surface area (Å²) >= 11 is 0. The molecule has 1 saturated carbocycles. The van der Waals surface area contributed by atoms with Gasteiger partial charge in [-0.25, -0.2) is 0 Å². The fraction of sp³-hybridized carbons (Fsp3) is 0.273. The van der Waals surface area contributed by atoms with Gasteiger partial charge in [0.15, 0.2) is 0 Å². The van der Waals surface area contributed by atoms with Gasteiger partial charge >= 0.3 is 0 Å². The molecule has 0 radical (unpaired) electrons. The number of phenols is 1. The van der Waals surface area contributed by atoms with E-state index < -0.39 is 0 Å². The highest BCUT2D eigenvalue weighted by Crippen LogP contribution is 2.40. The Hall–Kier alpha value is -1.84. The molecule has 0 aliphatic heterocycles. The van der Waals surface area contributed by atoms with E-state index in [0.29, 0.717) is 23.2 Å². The first-order chi connectivity index (χ1) is 7.34. The molecule has 4 nitrogen and oxygen atoms in total. The number of nitrogens with zero attached hydrogens (tertiary/aromatic N) is 2. The van der Waals surface area contributed by atoms with Gasteiger partial charge in [0, 0.05) is 5.92 Å². The van der Waals surface area contributed by atoms with Gasteiger partial charge in [-0.05, 0) is 25.0 Å². The first kappa shape index (κ1) is 8.47. The van der Waals surface area contributed by atoms with Crippen LogP contribution in [0.1, 0.15) is 24.7 Å². The second-order valence-electron chi connectivity index (χ2n) is 3.75. The maximum absolute atomic E-state index is 9.61. The third kappa shape index (κ3) is 1.48. The maximum Gasteiger partial charge on any atom is 0.230 e. The van der Waals surface area contributed by atoms with Crippen molar-refractivity contribution in [3.05, 3.63) is 30.2 Å². The van der Waals surface area contributed by atoms with Crippen molar-refractivity contribution in [2.75, 3.05) is 0 Å². The molecule has 0 spiro atoms. The molecule has 2 aromatic rings. The minimum Gasteiger partial charge on any atom is -0.507 e. The standard InChI is InChI=1S/C11H10N2O2/c14-9-4-2-1-3-8(9)10-12-11(15-13-10)7-5-6-7/h1-4,7,14H,5-6H2. The summed E-state index contributed by atoms with van der Waals surface area (Å²) in [6.07, 6.45) is 2.25. The Kier molecular flexibility index (Phi) is 1.74. The Morgan fingerprint density at radius 1 is 1.27 bits per heavy atom. The smallest absolute Gasteiger partial charge is 0.230 e. The number of phenolic OH excluding ortho intramolecular Hbond substituents is 1. The molecule has 1 aliphatic carbocycles. The quantitative estimate of drug-likeness (QED) is 0.811. The lowest BCUT2D eigenvalue weighted by Crippen LogP contribution is -1.82. The average molecular weight is 202 g/mol. The molecule has 1 aromatic carbocycles. The van der Waals surface area contributed by atoms with E-state index in [9.17, 15) is 5.11 Å². The number of hydrogen-bond donors (Lipinski definition) is 1. The molecule has 1 aromatic heterocycles. The predicted octanol–water partition coefficient (Wildman–Crippen LogP) is 2.32. The Balaban J connectivity index is 2.01. The number of rotatable bonds is 2. The summed E-state index contributed by atoms with van der Waals surface area (Å²) in [5, 5.41) is 13.5. The molecule has 0 saturated heterocycles. The van der Waals surface area contributed by atoms with Gasteiger partial charge < -0.3 is 9.63 Å². The summed E-state index contributed by atoms with van der Waals surface area (Å²) in [6, 6.07) is 6.99. The monoisotopic (exact) mass is 202 g/mol. The van der Waals surface area contributed by atoms with E-state index in [1.54, 1.807) is 18.2 Å². The van der Waals surface area contributed by atoms with E-state index in [4.69, 9.17) is 4.52 Å². The summed E-state index contributed by atoms with van der Waals surface area (Å²) in [6.45, 7) is 0. The van der Waals surface area contributed by atoms with Crippen molar-refractivity contribution in [2.45, 2.75) is 18.8 Å². The van der Waals surface area contributed by atoms with E-state index in [-0.39, 0.29) is 5.75 Å². The number of aromatic nitrogens is 2. The van der Waals surface area contributed by atoms with E-state index in [0.717, 1.165) is 12.8 Å². The third-order valence-electron chi connectivity index (χ3n) is 2.51. The first-order valence-electron chi connectivity index (χ1n) is 4.96. The average Bonchev–Trinajstić information content (AvgIpc) is 2.99.